The number of para-hydroxylation sites is 2. The molecule has 0 saturated heterocycles. The van der Waals surface area contributed by atoms with Crippen molar-refractivity contribution in [2.75, 3.05) is 19.5 Å². The van der Waals surface area contributed by atoms with Gasteiger partial charge in [-0.25, -0.2) is 5.01 Å². The summed E-state index contributed by atoms with van der Waals surface area (Å²) in [5.74, 6) is 1.69. The number of nitrogens with one attached hydrogen (secondary N) is 1. The summed E-state index contributed by atoms with van der Waals surface area (Å²) in [6.45, 7) is 0. The van der Waals surface area contributed by atoms with Crippen molar-refractivity contribution in [2.45, 2.75) is 18.2 Å². The Balaban J connectivity index is 1.55. The lowest BCUT2D eigenvalue weighted by Crippen LogP contribution is -2.55. The Bertz CT molecular complexity index is 1270. The van der Waals surface area contributed by atoms with Crippen molar-refractivity contribution in [3.63, 3.8) is 0 Å². The zero-order valence-electron chi connectivity index (χ0n) is 17.7. The summed E-state index contributed by atoms with van der Waals surface area (Å²) in [6.07, 6.45) is 0.632. The highest BCUT2D eigenvalue weighted by molar-refractivity contribution is 6.07. The number of carbonyl (C=O) groups is 1. The van der Waals surface area contributed by atoms with E-state index in [4.69, 9.17) is 19.3 Å². The van der Waals surface area contributed by atoms with Crippen LogP contribution in [0.2, 0.25) is 0 Å². The molecular formula is C25H21N3O4. The van der Waals surface area contributed by atoms with Crippen molar-refractivity contribution in [3.8, 4) is 17.2 Å². The topological polar surface area (TPSA) is 72.4 Å². The van der Waals surface area contributed by atoms with Gasteiger partial charge in [0.1, 0.15) is 5.75 Å². The molecule has 1 spiro atoms. The van der Waals surface area contributed by atoms with Crippen LogP contribution in [0.3, 0.4) is 0 Å². The second-order valence-corrected chi connectivity index (χ2v) is 7.96. The van der Waals surface area contributed by atoms with Crippen molar-refractivity contribution in [3.05, 3.63) is 83.4 Å². The molecule has 7 heteroatoms. The number of hydrazone groups is 1. The molecule has 0 radical (unpaired) electrons. The highest BCUT2D eigenvalue weighted by atomic mass is 16.6. The van der Waals surface area contributed by atoms with E-state index in [1.807, 2.05) is 71.7 Å². The quantitative estimate of drug-likeness (QED) is 0.683. The molecule has 7 nitrogen and oxygen atoms in total. The molecule has 0 aliphatic carbocycles. The fraction of sp³-hybridized carbons (Fsp3) is 0.200. The zero-order chi connectivity index (χ0) is 21.9. The minimum absolute atomic E-state index is 0.178. The Morgan fingerprint density at radius 1 is 1.03 bits per heavy atom. The molecule has 1 N–H and O–H groups in total. The first-order valence-corrected chi connectivity index (χ1v) is 10.4. The third-order valence-corrected chi connectivity index (χ3v) is 6.34. The van der Waals surface area contributed by atoms with Crippen LogP contribution in [0.25, 0.3) is 0 Å². The number of rotatable bonds is 3. The number of fused-ring (bicyclic) bond motifs is 6. The average Bonchev–Trinajstić information content (AvgIpc) is 3.40. The molecule has 6 rings (SSSR count). The molecular weight excluding hydrogens is 406 g/mol. The van der Waals surface area contributed by atoms with E-state index in [1.165, 1.54) is 0 Å². The number of hydrogen-bond donors (Lipinski definition) is 1. The van der Waals surface area contributed by atoms with Crippen LogP contribution in [0.1, 0.15) is 29.2 Å². The number of amides is 1. The Labute approximate surface area is 185 Å². The van der Waals surface area contributed by atoms with Crippen molar-refractivity contribution in [1.82, 2.24) is 5.01 Å². The summed E-state index contributed by atoms with van der Waals surface area (Å²) >= 11 is 0. The lowest BCUT2D eigenvalue weighted by Gasteiger charge is -2.44. The number of nitrogens with zero attached hydrogens (tertiary/aromatic N) is 2. The van der Waals surface area contributed by atoms with Gasteiger partial charge in [0.2, 0.25) is 0 Å². The highest BCUT2D eigenvalue weighted by Crippen LogP contribution is 2.56. The minimum atomic E-state index is -1.41. The average molecular weight is 427 g/mol. The fourth-order valence-corrected chi connectivity index (χ4v) is 4.81. The lowest BCUT2D eigenvalue weighted by atomic mass is 9.92. The van der Waals surface area contributed by atoms with Gasteiger partial charge >= 0.3 is 5.72 Å². The highest BCUT2D eigenvalue weighted by Gasteiger charge is 2.61. The largest absolute Gasteiger partial charge is 0.497 e. The molecule has 3 aliphatic rings. The zero-order valence-corrected chi connectivity index (χ0v) is 17.7. The monoisotopic (exact) mass is 427 g/mol. The molecule has 3 aromatic carbocycles. The second-order valence-electron chi connectivity index (χ2n) is 7.96. The first-order valence-electron chi connectivity index (χ1n) is 10.4. The molecule has 0 bridgehead atoms. The predicted octanol–water partition coefficient (Wildman–Crippen LogP) is 4.05. The van der Waals surface area contributed by atoms with Gasteiger partial charge in [-0.1, -0.05) is 30.3 Å². The number of benzene rings is 3. The maximum atomic E-state index is 13.5. The Morgan fingerprint density at radius 2 is 1.84 bits per heavy atom. The first kappa shape index (κ1) is 18.7. The van der Waals surface area contributed by atoms with E-state index < -0.39 is 5.72 Å². The summed E-state index contributed by atoms with van der Waals surface area (Å²) in [4.78, 5) is 13.5. The van der Waals surface area contributed by atoms with Gasteiger partial charge in [0, 0.05) is 12.0 Å². The van der Waals surface area contributed by atoms with Crippen LogP contribution in [0.15, 0.2) is 71.8 Å². The van der Waals surface area contributed by atoms with Gasteiger partial charge < -0.3 is 19.5 Å². The lowest BCUT2D eigenvalue weighted by molar-refractivity contribution is -0.161. The van der Waals surface area contributed by atoms with Crippen molar-refractivity contribution < 1.29 is 19.0 Å². The summed E-state index contributed by atoms with van der Waals surface area (Å²) < 4.78 is 17.4. The van der Waals surface area contributed by atoms with E-state index in [9.17, 15) is 4.79 Å². The van der Waals surface area contributed by atoms with Gasteiger partial charge in [0.15, 0.2) is 11.5 Å². The van der Waals surface area contributed by atoms with E-state index >= 15 is 0 Å². The summed E-state index contributed by atoms with van der Waals surface area (Å²) in [5.41, 5.74) is 2.87. The third-order valence-electron chi connectivity index (χ3n) is 6.34. The summed E-state index contributed by atoms with van der Waals surface area (Å²) in [7, 11) is 3.25. The Hall–Kier alpha value is -4.00. The van der Waals surface area contributed by atoms with Crippen LogP contribution in [0.5, 0.6) is 17.2 Å². The van der Waals surface area contributed by atoms with Crippen LogP contribution >= 0.6 is 0 Å². The summed E-state index contributed by atoms with van der Waals surface area (Å²) in [6, 6.07) is 21.0. The first-order chi connectivity index (χ1) is 15.7. The van der Waals surface area contributed by atoms with E-state index in [0.29, 0.717) is 17.9 Å². The van der Waals surface area contributed by atoms with Gasteiger partial charge in [-0.05, 0) is 42.0 Å². The van der Waals surface area contributed by atoms with Crippen LogP contribution in [-0.2, 0) is 10.5 Å². The molecule has 3 aliphatic heterocycles. The maximum absolute atomic E-state index is 13.5. The van der Waals surface area contributed by atoms with Crippen LogP contribution < -0.4 is 19.5 Å². The van der Waals surface area contributed by atoms with E-state index in [-0.39, 0.29) is 11.9 Å². The summed E-state index contributed by atoms with van der Waals surface area (Å²) in [5, 5.41) is 9.75. The van der Waals surface area contributed by atoms with E-state index in [1.54, 1.807) is 14.2 Å². The molecule has 0 unspecified atom stereocenters. The SMILES string of the molecule is COc1ccc(C2=NN3[C@@H](C2)c2cccc(OC)c2O[C@]32C(=O)Nc3ccccc32)cc1. The van der Waals surface area contributed by atoms with Gasteiger partial charge in [0.05, 0.1) is 37.2 Å². The molecule has 0 aromatic heterocycles. The molecule has 0 saturated carbocycles. The number of carbonyl (C=O) groups excluding carboxylic acids is 1. The van der Waals surface area contributed by atoms with Crippen molar-refractivity contribution in [1.29, 1.82) is 0 Å². The molecule has 32 heavy (non-hydrogen) atoms. The van der Waals surface area contributed by atoms with Gasteiger partial charge in [-0.15, -0.1) is 0 Å². The van der Waals surface area contributed by atoms with Gasteiger partial charge in [0.25, 0.3) is 5.91 Å². The molecule has 3 aromatic rings. The smallest absolute Gasteiger partial charge is 0.306 e. The van der Waals surface area contributed by atoms with E-state index in [0.717, 1.165) is 33.8 Å². The molecule has 3 heterocycles. The maximum Gasteiger partial charge on any atom is 0.306 e. The second kappa shape index (κ2) is 6.75. The number of ether oxygens (including phenoxy) is 3. The molecule has 0 fully saturated rings. The molecule has 160 valence electrons. The van der Waals surface area contributed by atoms with Crippen LogP contribution in [-0.4, -0.2) is 30.8 Å². The number of methoxy groups -OCH3 is 2. The van der Waals surface area contributed by atoms with Crippen molar-refractivity contribution >= 4 is 17.3 Å². The van der Waals surface area contributed by atoms with Crippen molar-refractivity contribution in [2.24, 2.45) is 5.10 Å². The van der Waals surface area contributed by atoms with Crippen LogP contribution in [0.4, 0.5) is 5.69 Å². The Kier molecular flexibility index (Phi) is 3.95. The normalized spacial score (nSPS) is 22.4. The molecule has 2 atom stereocenters. The predicted molar refractivity (Wildman–Crippen MR) is 119 cm³/mol. The van der Waals surface area contributed by atoms with Crippen LogP contribution in [0, 0.1) is 0 Å². The Morgan fingerprint density at radius 3 is 2.62 bits per heavy atom. The minimum Gasteiger partial charge on any atom is -0.497 e. The van der Waals surface area contributed by atoms with Gasteiger partial charge in [-0.3, -0.25) is 4.79 Å². The number of anilines is 1. The fourth-order valence-electron chi connectivity index (χ4n) is 4.81. The standard InChI is InChI=1S/C25H21N3O4/c1-30-16-12-10-15(11-13-16)20-14-21-17-6-5-9-22(31-2)23(17)32-25(28(21)27-20)18-7-3-4-8-19(18)26-24(25)29/h3-13,21H,14H2,1-2H3,(H,26,29)/t21-,25+/m0/s1. The number of hydrogen-bond acceptors (Lipinski definition) is 6. The third kappa shape index (κ3) is 2.42. The molecule has 1 amide bonds. The van der Waals surface area contributed by atoms with Gasteiger partial charge in [-0.2, -0.15) is 5.10 Å². The van der Waals surface area contributed by atoms with E-state index in [2.05, 4.69) is 5.32 Å².